The Morgan fingerprint density at radius 1 is 1.17 bits per heavy atom. The Bertz CT molecular complexity index is 799. The highest BCUT2D eigenvalue weighted by molar-refractivity contribution is 6.06. The minimum atomic E-state index is -0.516. The lowest BCUT2D eigenvalue weighted by molar-refractivity contribution is -0.122. The van der Waals surface area contributed by atoms with E-state index >= 15 is 0 Å². The molecule has 0 bridgehead atoms. The fourth-order valence-electron chi connectivity index (χ4n) is 2.55. The van der Waals surface area contributed by atoms with Gasteiger partial charge in [-0.15, -0.1) is 0 Å². The number of amides is 2. The number of carbonyl (C=O) groups excluding carboxylic acids is 2. The van der Waals surface area contributed by atoms with Gasteiger partial charge < -0.3 is 15.4 Å². The average molecular weight is 310 g/mol. The molecule has 3 rings (SSSR count). The molecular formula is C18H18N2O3. The molecule has 2 N–H and O–H groups in total. The van der Waals surface area contributed by atoms with Crippen LogP contribution in [0, 0.1) is 13.8 Å². The first-order valence-electron chi connectivity index (χ1n) is 7.44. The van der Waals surface area contributed by atoms with E-state index in [-0.39, 0.29) is 11.8 Å². The fourth-order valence-corrected chi connectivity index (χ4v) is 2.55. The van der Waals surface area contributed by atoms with Crippen molar-refractivity contribution in [3.8, 4) is 5.75 Å². The molecule has 0 unspecified atom stereocenters. The van der Waals surface area contributed by atoms with Crippen LogP contribution in [-0.2, 0) is 4.79 Å². The molecule has 1 atom stereocenters. The molecule has 0 aliphatic carbocycles. The molecule has 0 saturated carbocycles. The molecule has 0 aromatic heterocycles. The molecule has 1 aliphatic heterocycles. The summed E-state index contributed by atoms with van der Waals surface area (Å²) in [5, 5.41) is 5.62. The molecule has 0 saturated heterocycles. The first-order valence-corrected chi connectivity index (χ1v) is 7.44. The first kappa shape index (κ1) is 15.1. The van der Waals surface area contributed by atoms with E-state index in [1.165, 1.54) is 0 Å². The Kier molecular flexibility index (Phi) is 3.78. The first-order chi connectivity index (χ1) is 10.9. The van der Waals surface area contributed by atoms with E-state index in [1.54, 1.807) is 25.1 Å². The van der Waals surface area contributed by atoms with Crippen LogP contribution in [0.1, 0.15) is 28.4 Å². The van der Waals surface area contributed by atoms with Crippen molar-refractivity contribution in [1.82, 2.24) is 0 Å². The number of aryl methyl sites for hydroxylation is 2. The van der Waals surface area contributed by atoms with Crippen molar-refractivity contribution in [2.75, 3.05) is 10.6 Å². The second-order valence-corrected chi connectivity index (χ2v) is 5.73. The highest BCUT2D eigenvalue weighted by atomic mass is 16.5. The number of ether oxygens (including phenoxy) is 1. The molecule has 0 radical (unpaired) electrons. The number of nitrogens with one attached hydrogen (secondary N) is 2. The van der Waals surface area contributed by atoms with Crippen molar-refractivity contribution in [2.45, 2.75) is 26.9 Å². The number of hydrogen-bond donors (Lipinski definition) is 2. The summed E-state index contributed by atoms with van der Waals surface area (Å²) >= 11 is 0. The van der Waals surface area contributed by atoms with Crippen LogP contribution in [0.2, 0.25) is 0 Å². The predicted octanol–water partition coefficient (Wildman–Crippen LogP) is 3.28. The Hall–Kier alpha value is -2.82. The molecule has 0 spiro atoms. The lowest BCUT2D eigenvalue weighted by atomic mass is 10.1. The Labute approximate surface area is 134 Å². The van der Waals surface area contributed by atoms with Crippen LogP contribution in [0.15, 0.2) is 36.4 Å². The molecule has 0 fully saturated rings. The predicted molar refractivity (Wildman–Crippen MR) is 89.0 cm³/mol. The van der Waals surface area contributed by atoms with E-state index in [2.05, 4.69) is 10.6 Å². The van der Waals surface area contributed by atoms with Crippen LogP contribution in [0.3, 0.4) is 0 Å². The number of hydrogen-bond acceptors (Lipinski definition) is 3. The van der Waals surface area contributed by atoms with Crippen LogP contribution >= 0.6 is 0 Å². The van der Waals surface area contributed by atoms with Gasteiger partial charge in [-0.25, -0.2) is 0 Å². The molecular weight excluding hydrogens is 292 g/mol. The lowest BCUT2D eigenvalue weighted by Crippen LogP contribution is -2.34. The summed E-state index contributed by atoms with van der Waals surface area (Å²) in [4.78, 5) is 24.1. The van der Waals surface area contributed by atoms with Gasteiger partial charge in [-0.05, 0) is 50.6 Å². The SMILES string of the molecule is Cc1ccc(C(=O)Nc2ccc3c(c2)NC(=O)[C@H](C)O3)c(C)c1. The van der Waals surface area contributed by atoms with Gasteiger partial charge in [0.1, 0.15) is 5.75 Å². The van der Waals surface area contributed by atoms with Gasteiger partial charge in [0.15, 0.2) is 6.10 Å². The third-order valence-electron chi connectivity index (χ3n) is 3.79. The number of benzene rings is 2. The van der Waals surface area contributed by atoms with Gasteiger partial charge in [-0.2, -0.15) is 0 Å². The summed E-state index contributed by atoms with van der Waals surface area (Å²) in [6.45, 7) is 5.58. The van der Waals surface area contributed by atoms with E-state index < -0.39 is 6.10 Å². The summed E-state index contributed by atoms with van der Waals surface area (Å²) in [5.41, 5.74) is 3.83. The number of anilines is 2. The standard InChI is InChI=1S/C18H18N2O3/c1-10-4-6-14(11(2)8-10)18(22)19-13-5-7-16-15(9-13)20-17(21)12(3)23-16/h4-9,12H,1-3H3,(H,19,22)(H,20,21)/t12-/m0/s1. The highest BCUT2D eigenvalue weighted by Gasteiger charge is 2.23. The maximum atomic E-state index is 12.4. The molecule has 1 heterocycles. The lowest BCUT2D eigenvalue weighted by Gasteiger charge is -2.23. The topological polar surface area (TPSA) is 67.4 Å². The summed E-state index contributed by atoms with van der Waals surface area (Å²) < 4.78 is 5.50. The minimum Gasteiger partial charge on any atom is -0.479 e. The van der Waals surface area contributed by atoms with Gasteiger partial charge in [0.25, 0.3) is 11.8 Å². The zero-order valence-electron chi connectivity index (χ0n) is 13.3. The highest BCUT2D eigenvalue weighted by Crippen LogP contribution is 2.32. The molecule has 5 nitrogen and oxygen atoms in total. The summed E-state index contributed by atoms with van der Waals surface area (Å²) in [6.07, 6.45) is -0.516. The van der Waals surface area contributed by atoms with Gasteiger partial charge in [0.2, 0.25) is 0 Å². The van der Waals surface area contributed by atoms with E-state index in [0.717, 1.165) is 11.1 Å². The van der Waals surface area contributed by atoms with E-state index in [9.17, 15) is 9.59 Å². The van der Waals surface area contributed by atoms with Crippen molar-refractivity contribution in [2.24, 2.45) is 0 Å². The van der Waals surface area contributed by atoms with Gasteiger partial charge in [-0.1, -0.05) is 17.7 Å². The Balaban J connectivity index is 1.82. The largest absolute Gasteiger partial charge is 0.479 e. The molecule has 1 aliphatic rings. The third kappa shape index (κ3) is 3.04. The zero-order chi connectivity index (χ0) is 16.6. The molecule has 23 heavy (non-hydrogen) atoms. The van der Waals surface area contributed by atoms with Crippen LogP contribution in [0.4, 0.5) is 11.4 Å². The van der Waals surface area contributed by atoms with E-state index in [1.807, 2.05) is 32.0 Å². The Morgan fingerprint density at radius 2 is 1.96 bits per heavy atom. The van der Waals surface area contributed by atoms with E-state index in [4.69, 9.17) is 4.74 Å². The van der Waals surface area contributed by atoms with Crippen molar-refractivity contribution >= 4 is 23.2 Å². The van der Waals surface area contributed by atoms with Crippen molar-refractivity contribution < 1.29 is 14.3 Å². The monoisotopic (exact) mass is 310 g/mol. The average Bonchev–Trinajstić information content (AvgIpc) is 2.48. The Morgan fingerprint density at radius 3 is 2.70 bits per heavy atom. The maximum Gasteiger partial charge on any atom is 0.265 e. The number of rotatable bonds is 2. The maximum absolute atomic E-state index is 12.4. The van der Waals surface area contributed by atoms with Gasteiger partial charge in [0, 0.05) is 11.3 Å². The van der Waals surface area contributed by atoms with Crippen LogP contribution < -0.4 is 15.4 Å². The molecule has 2 aromatic rings. The summed E-state index contributed by atoms with van der Waals surface area (Å²) in [6, 6.07) is 10.9. The van der Waals surface area contributed by atoms with Crippen molar-refractivity contribution in [3.05, 3.63) is 53.1 Å². The minimum absolute atomic E-state index is 0.182. The normalized spacial score (nSPS) is 16.1. The quantitative estimate of drug-likeness (QED) is 0.894. The van der Waals surface area contributed by atoms with Crippen LogP contribution in [0.5, 0.6) is 5.75 Å². The number of fused-ring (bicyclic) bond motifs is 1. The van der Waals surface area contributed by atoms with Gasteiger partial charge in [0.05, 0.1) is 5.69 Å². The van der Waals surface area contributed by atoms with Crippen LogP contribution in [0.25, 0.3) is 0 Å². The third-order valence-corrected chi connectivity index (χ3v) is 3.79. The molecule has 2 amide bonds. The second-order valence-electron chi connectivity index (χ2n) is 5.73. The van der Waals surface area contributed by atoms with Gasteiger partial charge >= 0.3 is 0 Å². The molecule has 118 valence electrons. The zero-order valence-corrected chi connectivity index (χ0v) is 13.3. The second kappa shape index (κ2) is 5.76. The molecule has 5 heteroatoms. The number of carbonyl (C=O) groups is 2. The molecule has 2 aromatic carbocycles. The van der Waals surface area contributed by atoms with Crippen molar-refractivity contribution in [3.63, 3.8) is 0 Å². The van der Waals surface area contributed by atoms with Crippen LogP contribution in [-0.4, -0.2) is 17.9 Å². The smallest absolute Gasteiger partial charge is 0.265 e. The van der Waals surface area contributed by atoms with Gasteiger partial charge in [-0.3, -0.25) is 9.59 Å². The fraction of sp³-hybridized carbons (Fsp3) is 0.222. The van der Waals surface area contributed by atoms with Crippen molar-refractivity contribution in [1.29, 1.82) is 0 Å². The summed E-state index contributed by atoms with van der Waals surface area (Å²) in [5.74, 6) is 0.218. The summed E-state index contributed by atoms with van der Waals surface area (Å²) in [7, 11) is 0. The van der Waals surface area contributed by atoms with E-state index in [0.29, 0.717) is 22.7 Å².